The molecule has 1 atom stereocenters. The third kappa shape index (κ3) is 3.34. The Bertz CT molecular complexity index is 628. The van der Waals surface area contributed by atoms with Crippen molar-refractivity contribution in [3.63, 3.8) is 0 Å². The number of methoxy groups -OCH3 is 1. The molecule has 112 valence electrons. The third-order valence-corrected chi connectivity index (χ3v) is 3.48. The van der Waals surface area contributed by atoms with Gasteiger partial charge in [0.25, 0.3) is 0 Å². The molecule has 4 heteroatoms. The smallest absolute Gasteiger partial charge is 0.135 e. The molecule has 21 heavy (non-hydrogen) atoms. The Kier molecular flexibility index (Phi) is 4.81. The molecule has 0 heterocycles. The highest BCUT2D eigenvalue weighted by Crippen LogP contribution is 2.36. The Morgan fingerprint density at radius 2 is 1.86 bits per heavy atom. The van der Waals surface area contributed by atoms with Gasteiger partial charge in [0.1, 0.15) is 23.1 Å². The summed E-state index contributed by atoms with van der Waals surface area (Å²) in [5, 5.41) is 3.17. The van der Waals surface area contributed by atoms with Crippen LogP contribution in [0.5, 0.6) is 17.2 Å². The molecule has 0 bridgehead atoms. The second kappa shape index (κ2) is 6.59. The molecule has 0 aliphatic heterocycles. The lowest BCUT2D eigenvalue weighted by molar-refractivity contribution is 0.392. The lowest BCUT2D eigenvalue weighted by Gasteiger charge is -2.19. The van der Waals surface area contributed by atoms with E-state index >= 15 is 0 Å². The monoisotopic (exact) mass is 289 g/mol. The van der Waals surface area contributed by atoms with Gasteiger partial charge in [-0.25, -0.2) is 4.39 Å². The van der Waals surface area contributed by atoms with E-state index in [-0.39, 0.29) is 11.9 Å². The molecule has 0 aliphatic rings. The van der Waals surface area contributed by atoms with Crippen molar-refractivity contribution < 1.29 is 13.9 Å². The van der Waals surface area contributed by atoms with Crippen LogP contribution in [0.4, 0.5) is 4.39 Å². The van der Waals surface area contributed by atoms with Crippen molar-refractivity contribution in [2.75, 3.05) is 14.2 Å². The molecule has 1 N–H and O–H groups in total. The van der Waals surface area contributed by atoms with Crippen molar-refractivity contribution in [1.82, 2.24) is 5.32 Å². The molecule has 0 amide bonds. The maximum absolute atomic E-state index is 13.6. The SMILES string of the molecule is CNC(C)c1c(OC)cccc1Oc1ccc(C)c(F)c1. The Morgan fingerprint density at radius 1 is 1.14 bits per heavy atom. The largest absolute Gasteiger partial charge is 0.496 e. The fourth-order valence-corrected chi connectivity index (χ4v) is 2.13. The number of rotatable bonds is 5. The van der Waals surface area contributed by atoms with E-state index in [1.165, 1.54) is 6.07 Å². The highest BCUT2D eigenvalue weighted by molar-refractivity contribution is 5.48. The van der Waals surface area contributed by atoms with Gasteiger partial charge in [0.15, 0.2) is 0 Å². The number of ether oxygens (including phenoxy) is 2. The summed E-state index contributed by atoms with van der Waals surface area (Å²) in [5.41, 5.74) is 1.50. The van der Waals surface area contributed by atoms with Crippen LogP contribution in [0.2, 0.25) is 0 Å². The Morgan fingerprint density at radius 3 is 2.48 bits per heavy atom. The summed E-state index contributed by atoms with van der Waals surface area (Å²) in [5.74, 6) is 1.58. The van der Waals surface area contributed by atoms with Gasteiger partial charge in [-0.2, -0.15) is 0 Å². The Hall–Kier alpha value is -2.07. The molecule has 2 rings (SSSR count). The number of aryl methyl sites for hydroxylation is 1. The molecule has 3 nitrogen and oxygen atoms in total. The van der Waals surface area contributed by atoms with Crippen molar-refractivity contribution in [2.24, 2.45) is 0 Å². The van der Waals surface area contributed by atoms with E-state index in [0.717, 1.165) is 11.3 Å². The first-order valence-corrected chi connectivity index (χ1v) is 6.85. The van der Waals surface area contributed by atoms with Crippen molar-refractivity contribution in [3.05, 3.63) is 53.3 Å². The summed E-state index contributed by atoms with van der Waals surface area (Å²) in [7, 11) is 3.49. The minimum absolute atomic E-state index is 0.0476. The van der Waals surface area contributed by atoms with Crippen LogP contribution in [0.1, 0.15) is 24.1 Å². The van der Waals surface area contributed by atoms with Gasteiger partial charge < -0.3 is 14.8 Å². The number of benzene rings is 2. The highest BCUT2D eigenvalue weighted by Gasteiger charge is 2.16. The van der Waals surface area contributed by atoms with Crippen molar-refractivity contribution >= 4 is 0 Å². The zero-order valence-electron chi connectivity index (χ0n) is 12.7. The van der Waals surface area contributed by atoms with Gasteiger partial charge >= 0.3 is 0 Å². The first-order valence-electron chi connectivity index (χ1n) is 6.85. The van der Waals surface area contributed by atoms with Crippen molar-refractivity contribution in [1.29, 1.82) is 0 Å². The third-order valence-electron chi connectivity index (χ3n) is 3.48. The quantitative estimate of drug-likeness (QED) is 0.894. The Balaban J connectivity index is 2.41. The van der Waals surface area contributed by atoms with Gasteiger partial charge in [-0.3, -0.25) is 0 Å². The summed E-state index contributed by atoms with van der Waals surface area (Å²) in [6.07, 6.45) is 0. The molecule has 0 aliphatic carbocycles. The summed E-state index contributed by atoms with van der Waals surface area (Å²) in [4.78, 5) is 0. The lowest BCUT2D eigenvalue weighted by Crippen LogP contribution is -2.14. The molecule has 0 fully saturated rings. The molecule has 2 aromatic rings. The topological polar surface area (TPSA) is 30.5 Å². The number of hydrogen-bond acceptors (Lipinski definition) is 3. The average molecular weight is 289 g/mol. The van der Waals surface area contributed by atoms with E-state index in [2.05, 4.69) is 5.32 Å². The first kappa shape index (κ1) is 15.3. The van der Waals surface area contributed by atoms with E-state index < -0.39 is 0 Å². The van der Waals surface area contributed by atoms with Crippen molar-refractivity contribution in [2.45, 2.75) is 19.9 Å². The Labute approximate surface area is 124 Å². The lowest BCUT2D eigenvalue weighted by atomic mass is 10.1. The van der Waals surface area contributed by atoms with Crippen LogP contribution in [-0.4, -0.2) is 14.2 Å². The van der Waals surface area contributed by atoms with E-state index in [4.69, 9.17) is 9.47 Å². The fraction of sp³-hybridized carbons (Fsp3) is 0.294. The van der Waals surface area contributed by atoms with Crippen LogP contribution < -0.4 is 14.8 Å². The predicted molar refractivity (Wildman–Crippen MR) is 81.7 cm³/mol. The van der Waals surface area contributed by atoms with Gasteiger partial charge in [-0.05, 0) is 44.7 Å². The number of nitrogens with one attached hydrogen (secondary N) is 1. The molecule has 1 unspecified atom stereocenters. The fourth-order valence-electron chi connectivity index (χ4n) is 2.13. The standard InChI is InChI=1S/C17H20FNO2/c1-11-8-9-13(10-14(11)18)21-16-7-5-6-15(20-4)17(16)12(2)19-3/h5-10,12,19H,1-4H3. The van der Waals surface area contributed by atoms with Crippen LogP contribution in [0.3, 0.4) is 0 Å². The number of hydrogen-bond donors (Lipinski definition) is 1. The zero-order chi connectivity index (χ0) is 15.4. The van der Waals surface area contributed by atoms with Gasteiger partial charge in [0, 0.05) is 12.1 Å². The van der Waals surface area contributed by atoms with Gasteiger partial charge in [0.05, 0.1) is 12.7 Å². The second-order valence-corrected chi connectivity index (χ2v) is 4.90. The second-order valence-electron chi connectivity index (χ2n) is 4.90. The molecular weight excluding hydrogens is 269 g/mol. The summed E-state index contributed by atoms with van der Waals surface area (Å²) < 4.78 is 24.9. The molecule has 0 spiro atoms. The van der Waals surface area contributed by atoms with E-state index in [1.807, 2.05) is 32.2 Å². The first-order chi connectivity index (χ1) is 10.1. The molecule has 2 aromatic carbocycles. The van der Waals surface area contributed by atoms with Crippen LogP contribution in [0.15, 0.2) is 36.4 Å². The van der Waals surface area contributed by atoms with E-state index in [9.17, 15) is 4.39 Å². The maximum Gasteiger partial charge on any atom is 0.135 e. The molecule has 0 aromatic heterocycles. The predicted octanol–water partition coefficient (Wildman–Crippen LogP) is 4.22. The van der Waals surface area contributed by atoms with Gasteiger partial charge in [0.2, 0.25) is 0 Å². The van der Waals surface area contributed by atoms with E-state index in [1.54, 1.807) is 26.2 Å². The van der Waals surface area contributed by atoms with E-state index in [0.29, 0.717) is 17.1 Å². The maximum atomic E-state index is 13.6. The minimum atomic E-state index is -0.279. The van der Waals surface area contributed by atoms with Crippen LogP contribution in [0.25, 0.3) is 0 Å². The highest BCUT2D eigenvalue weighted by atomic mass is 19.1. The van der Waals surface area contributed by atoms with Gasteiger partial charge in [-0.15, -0.1) is 0 Å². The summed E-state index contributed by atoms with van der Waals surface area (Å²) in [6, 6.07) is 10.5. The molecular formula is C17H20FNO2. The van der Waals surface area contributed by atoms with Crippen LogP contribution in [0, 0.1) is 12.7 Å². The summed E-state index contributed by atoms with van der Waals surface area (Å²) >= 11 is 0. The number of halogens is 1. The van der Waals surface area contributed by atoms with Crippen LogP contribution >= 0.6 is 0 Å². The normalized spacial score (nSPS) is 12.0. The molecule has 0 radical (unpaired) electrons. The van der Waals surface area contributed by atoms with Crippen LogP contribution in [-0.2, 0) is 0 Å². The minimum Gasteiger partial charge on any atom is -0.496 e. The molecule has 0 saturated heterocycles. The van der Waals surface area contributed by atoms with Gasteiger partial charge in [-0.1, -0.05) is 12.1 Å². The summed E-state index contributed by atoms with van der Waals surface area (Å²) in [6.45, 7) is 3.74. The zero-order valence-corrected chi connectivity index (χ0v) is 12.7. The molecule has 0 saturated carbocycles. The average Bonchev–Trinajstić information content (AvgIpc) is 2.50. The van der Waals surface area contributed by atoms with Crippen molar-refractivity contribution in [3.8, 4) is 17.2 Å².